The highest BCUT2D eigenvalue weighted by atomic mass is 35.5. The van der Waals surface area contributed by atoms with Gasteiger partial charge in [-0.1, -0.05) is 23.7 Å². The Kier molecular flexibility index (Phi) is 8.11. The van der Waals surface area contributed by atoms with Crippen LogP contribution in [0.3, 0.4) is 0 Å². The fraction of sp³-hybridized carbons (Fsp3) is 0.207. The minimum Gasteiger partial charge on any atom is -0.495 e. The number of aromatic carboxylic acids is 1. The van der Waals surface area contributed by atoms with Crippen LogP contribution < -0.4 is 10.3 Å². The van der Waals surface area contributed by atoms with Crippen LogP contribution in [0.5, 0.6) is 5.75 Å². The number of carbonyl (C=O) groups is 3. The summed E-state index contributed by atoms with van der Waals surface area (Å²) >= 11 is 6.20. The number of aryl methyl sites for hydroxylation is 1. The molecule has 2 aromatic carbocycles. The maximum Gasteiger partial charge on any atom is 0.335 e. The van der Waals surface area contributed by atoms with Crippen molar-refractivity contribution in [2.24, 2.45) is 7.05 Å². The molecule has 0 aliphatic carbocycles. The van der Waals surface area contributed by atoms with Crippen molar-refractivity contribution in [3.05, 3.63) is 105 Å². The molecule has 0 saturated carbocycles. The van der Waals surface area contributed by atoms with E-state index in [1.54, 1.807) is 54.3 Å². The van der Waals surface area contributed by atoms with Gasteiger partial charge < -0.3 is 14.4 Å². The van der Waals surface area contributed by atoms with E-state index in [9.17, 15) is 19.2 Å². The molecule has 0 unspecified atom stereocenters. The van der Waals surface area contributed by atoms with E-state index in [1.807, 2.05) is 0 Å². The fourth-order valence-electron chi connectivity index (χ4n) is 4.41. The van der Waals surface area contributed by atoms with E-state index in [0.29, 0.717) is 33.0 Å². The zero-order valence-electron chi connectivity index (χ0n) is 21.6. The lowest BCUT2D eigenvalue weighted by molar-refractivity contribution is -0.121. The van der Waals surface area contributed by atoms with Crippen molar-refractivity contribution < 1.29 is 24.2 Å². The maximum absolute atomic E-state index is 13.6. The predicted molar refractivity (Wildman–Crippen MR) is 146 cm³/mol. The summed E-state index contributed by atoms with van der Waals surface area (Å²) in [6.45, 7) is 1.42. The van der Waals surface area contributed by atoms with Gasteiger partial charge in [0.05, 0.1) is 24.6 Å². The molecule has 0 bridgehead atoms. The molecule has 0 radical (unpaired) electrons. The van der Waals surface area contributed by atoms with Crippen LogP contribution in [0, 0.1) is 0 Å². The molecule has 39 heavy (non-hydrogen) atoms. The summed E-state index contributed by atoms with van der Waals surface area (Å²) in [5, 5.41) is 13.9. The predicted octanol–water partition coefficient (Wildman–Crippen LogP) is 4.41. The summed E-state index contributed by atoms with van der Waals surface area (Å²) in [4.78, 5) is 50.6. The molecule has 1 N–H and O–H groups in total. The van der Waals surface area contributed by atoms with Crippen molar-refractivity contribution in [3.63, 3.8) is 0 Å². The summed E-state index contributed by atoms with van der Waals surface area (Å²) < 4.78 is 8.52. The molecular formula is C29H26ClN3O6. The number of hydrogen-bond acceptors (Lipinski definition) is 6. The Labute approximate surface area is 229 Å². The number of rotatable bonds is 10. The number of ketones is 2. The third-order valence-electron chi connectivity index (χ3n) is 6.37. The average Bonchev–Trinajstić information content (AvgIpc) is 3.31. The summed E-state index contributed by atoms with van der Waals surface area (Å²) in [5.74, 6) is -1.26. The lowest BCUT2D eigenvalue weighted by Gasteiger charge is -2.21. The maximum atomic E-state index is 13.6. The van der Waals surface area contributed by atoms with Crippen LogP contribution in [0.25, 0.3) is 11.1 Å². The van der Waals surface area contributed by atoms with Crippen LogP contribution in [-0.2, 0) is 24.7 Å². The van der Waals surface area contributed by atoms with Crippen molar-refractivity contribution in [1.29, 1.82) is 0 Å². The Hall–Kier alpha value is -4.50. The number of carboxylic acids is 1. The Morgan fingerprint density at radius 1 is 1.05 bits per heavy atom. The van der Waals surface area contributed by atoms with E-state index in [0.717, 1.165) is 0 Å². The lowest BCUT2D eigenvalue weighted by atomic mass is 9.96. The van der Waals surface area contributed by atoms with E-state index in [2.05, 4.69) is 5.10 Å². The van der Waals surface area contributed by atoms with Gasteiger partial charge in [0.25, 0.3) is 5.56 Å². The first-order valence-electron chi connectivity index (χ1n) is 12.0. The van der Waals surface area contributed by atoms with E-state index < -0.39 is 17.6 Å². The van der Waals surface area contributed by atoms with Gasteiger partial charge in [-0.15, -0.1) is 0 Å². The van der Waals surface area contributed by atoms with Gasteiger partial charge in [-0.3, -0.25) is 19.1 Å². The molecule has 1 atom stereocenters. The first-order valence-corrected chi connectivity index (χ1v) is 12.4. The van der Waals surface area contributed by atoms with E-state index in [1.165, 1.54) is 43.0 Å². The van der Waals surface area contributed by atoms with Crippen LogP contribution in [-0.4, -0.2) is 44.1 Å². The molecular weight excluding hydrogens is 522 g/mol. The monoisotopic (exact) mass is 547 g/mol. The van der Waals surface area contributed by atoms with E-state index >= 15 is 0 Å². The summed E-state index contributed by atoms with van der Waals surface area (Å²) in [6, 6.07) is 13.0. The number of methoxy groups -OCH3 is 1. The SMILES string of the molecule is COc1cn([C@@H](Cc2ccn(C)n2)C(=O)Cc2ccc(C(=O)O)cc2)c(=O)cc1-c1cc(Cl)ccc1C(C)=O. The summed E-state index contributed by atoms with van der Waals surface area (Å²) in [7, 11) is 3.19. The average molecular weight is 548 g/mol. The largest absolute Gasteiger partial charge is 0.495 e. The van der Waals surface area contributed by atoms with Crippen molar-refractivity contribution >= 4 is 29.1 Å². The van der Waals surface area contributed by atoms with Gasteiger partial charge >= 0.3 is 5.97 Å². The molecule has 2 aromatic heterocycles. The highest BCUT2D eigenvalue weighted by Crippen LogP contribution is 2.34. The first kappa shape index (κ1) is 27.5. The number of pyridine rings is 1. The zero-order chi connectivity index (χ0) is 28.3. The van der Waals surface area contributed by atoms with Crippen LogP contribution >= 0.6 is 11.6 Å². The van der Waals surface area contributed by atoms with Gasteiger partial charge in [0, 0.05) is 48.3 Å². The number of carboxylic acid groups (broad SMARTS) is 1. The lowest BCUT2D eigenvalue weighted by Crippen LogP contribution is -2.32. The molecule has 0 aliphatic rings. The molecule has 0 amide bonds. The second-order valence-corrected chi connectivity index (χ2v) is 9.53. The topological polar surface area (TPSA) is 120 Å². The first-order chi connectivity index (χ1) is 18.6. The molecule has 0 aliphatic heterocycles. The van der Waals surface area contributed by atoms with Crippen molar-refractivity contribution in [2.45, 2.75) is 25.8 Å². The zero-order valence-corrected chi connectivity index (χ0v) is 22.3. The van der Waals surface area contributed by atoms with Gasteiger partial charge in [-0.05, 0) is 54.4 Å². The third-order valence-corrected chi connectivity index (χ3v) is 6.61. The molecule has 200 valence electrons. The van der Waals surface area contributed by atoms with Gasteiger partial charge in [-0.25, -0.2) is 4.79 Å². The number of nitrogens with zero attached hydrogens (tertiary/aromatic N) is 3. The highest BCUT2D eigenvalue weighted by Gasteiger charge is 2.26. The Morgan fingerprint density at radius 3 is 2.36 bits per heavy atom. The highest BCUT2D eigenvalue weighted by molar-refractivity contribution is 6.31. The number of carbonyl (C=O) groups excluding carboxylic acids is 2. The van der Waals surface area contributed by atoms with Crippen LogP contribution in [0.2, 0.25) is 5.02 Å². The number of aromatic nitrogens is 3. The van der Waals surface area contributed by atoms with Crippen LogP contribution in [0.15, 0.2) is 71.8 Å². The molecule has 4 rings (SSSR count). The van der Waals surface area contributed by atoms with Crippen molar-refractivity contribution in [2.75, 3.05) is 7.11 Å². The second-order valence-electron chi connectivity index (χ2n) is 9.09. The van der Waals surface area contributed by atoms with Crippen LogP contribution in [0.1, 0.15) is 44.9 Å². The van der Waals surface area contributed by atoms with Gasteiger partial charge in [0.2, 0.25) is 0 Å². The Morgan fingerprint density at radius 2 is 1.77 bits per heavy atom. The van der Waals surface area contributed by atoms with Gasteiger partial charge in [0.15, 0.2) is 11.6 Å². The molecule has 10 heteroatoms. The van der Waals surface area contributed by atoms with Gasteiger partial charge in [-0.2, -0.15) is 5.10 Å². The Balaban J connectivity index is 1.79. The quantitative estimate of drug-likeness (QED) is 0.292. The number of hydrogen-bond donors (Lipinski definition) is 1. The number of Topliss-reactive ketones (excluding diaryl/α,β-unsaturated/α-hetero) is 2. The number of halogens is 1. The molecule has 0 fully saturated rings. The smallest absolute Gasteiger partial charge is 0.335 e. The molecule has 4 aromatic rings. The van der Waals surface area contributed by atoms with E-state index in [-0.39, 0.29) is 35.7 Å². The van der Waals surface area contributed by atoms with Crippen molar-refractivity contribution in [3.8, 4) is 16.9 Å². The molecule has 0 spiro atoms. The minimum absolute atomic E-state index is 0.0311. The summed E-state index contributed by atoms with van der Waals surface area (Å²) in [6.07, 6.45) is 3.32. The normalized spacial score (nSPS) is 11.7. The minimum atomic E-state index is -1.06. The standard InChI is InChI=1S/C29H26ClN3O6/c1-17(34)22-9-8-20(30)13-23(22)24-15-28(36)33(16-27(24)39-3)25(14-21-10-11-32(2)31-21)26(35)12-18-4-6-19(7-5-18)29(37)38/h4-11,13,15-16,25H,12,14H2,1-3H3,(H,37,38)/t25-/m0/s1. The Bertz CT molecular complexity index is 1620. The third kappa shape index (κ3) is 6.15. The number of ether oxygens (including phenoxy) is 1. The molecule has 2 heterocycles. The molecule has 9 nitrogen and oxygen atoms in total. The number of benzene rings is 2. The summed E-state index contributed by atoms with van der Waals surface area (Å²) in [5.41, 5.74) is 2.05. The van der Waals surface area contributed by atoms with E-state index in [4.69, 9.17) is 21.4 Å². The van der Waals surface area contributed by atoms with Crippen LogP contribution in [0.4, 0.5) is 0 Å². The van der Waals surface area contributed by atoms with Crippen molar-refractivity contribution in [1.82, 2.24) is 14.3 Å². The second kappa shape index (κ2) is 11.5. The fourth-order valence-corrected chi connectivity index (χ4v) is 4.59. The van der Waals surface area contributed by atoms with Gasteiger partial charge in [0.1, 0.15) is 11.8 Å². The molecule has 0 saturated heterocycles.